The molecule has 0 spiro atoms. The molecular weight excluding hydrogens is 536 g/mol. The van der Waals surface area contributed by atoms with E-state index in [9.17, 15) is 9.18 Å². The van der Waals surface area contributed by atoms with Gasteiger partial charge in [0.15, 0.2) is 5.82 Å². The molecular formula is C29H34ClF2N7O. The van der Waals surface area contributed by atoms with E-state index >= 15 is 4.39 Å². The highest BCUT2D eigenvalue weighted by molar-refractivity contribution is 6.31. The lowest BCUT2D eigenvalue weighted by Gasteiger charge is -2.09. The van der Waals surface area contributed by atoms with Gasteiger partial charge in [-0.05, 0) is 82.0 Å². The molecule has 11 heteroatoms. The molecule has 6 N–H and O–H groups in total. The number of hydrogen-bond donors (Lipinski definition) is 4. The lowest BCUT2D eigenvalue weighted by Crippen LogP contribution is -2.21. The number of benzene rings is 2. The maximum atomic E-state index is 15.0. The number of halogens is 3. The quantitative estimate of drug-likeness (QED) is 0.110. The Morgan fingerprint density at radius 1 is 1.23 bits per heavy atom. The van der Waals surface area contributed by atoms with Gasteiger partial charge in [0.1, 0.15) is 11.5 Å². The Hall–Kier alpha value is -3.60. The molecule has 0 aliphatic rings. The molecule has 40 heavy (non-hydrogen) atoms. The Balaban J connectivity index is 1.54. The van der Waals surface area contributed by atoms with Crippen LogP contribution in [0.3, 0.4) is 0 Å². The minimum atomic E-state index is -0.593. The first-order chi connectivity index (χ1) is 19.1. The van der Waals surface area contributed by atoms with Crippen molar-refractivity contribution >= 4 is 28.5 Å². The second-order valence-corrected chi connectivity index (χ2v) is 10.4. The van der Waals surface area contributed by atoms with Gasteiger partial charge in [0, 0.05) is 41.8 Å². The molecule has 1 unspecified atom stereocenters. The molecule has 0 saturated carbocycles. The maximum absolute atomic E-state index is 15.0. The Morgan fingerprint density at radius 3 is 2.75 bits per heavy atom. The molecule has 1 atom stereocenters. The minimum absolute atomic E-state index is 0.0173. The van der Waals surface area contributed by atoms with E-state index in [-0.39, 0.29) is 16.6 Å². The predicted molar refractivity (Wildman–Crippen MR) is 157 cm³/mol. The van der Waals surface area contributed by atoms with Gasteiger partial charge < -0.3 is 21.8 Å². The fraction of sp³-hybridized carbons (Fsp3) is 0.345. The number of nitrogens with zero attached hydrogens (tertiary/aromatic N) is 3. The summed E-state index contributed by atoms with van der Waals surface area (Å²) in [6, 6.07) is 9.74. The lowest BCUT2D eigenvalue weighted by atomic mass is 10.0. The molecule has 0 amide bonds. The number of rotatable bonds is 12. The smallest absolute Gasteiger partial charge is 0.354 e. The van der Waals surface area contributed by atoms with E-state index in [1.165, 1.54) is 10.6 Å². The van der Waals surface area contributed by atoms with Crippen LogP contribution in [0.5, 0.6) is 0 Å². The molecule has 0 bridgehead atoms. The van der Waals surface area contributed by atoms with Crippen molar-refractivity contribution in [1.29, 1.82) is 0 Å². The van der Waals surface area contributed by atoms with Gasteiger partial charge >= 0.3 is 5.69 Å². The summed E-state index contributed by atoms with van der Waals surface area (Å²) in [4.78, 5) is 24.1. The van der Waals surface area contributed by atoms with Gasteiger partial charge in [-0.2, -0.15) is 4.98 Å². The van der Waals surface area contributed by atoms with Crippen LogP contribution in [0.1, 0.15) is 44.2 Å². The summed E-state index contributed by atoms with van der Waals surface area (Å²) in [5.74, 6) is -0.469. The highest BCUT2D eigenvalue weighted by Crippen LogP contribution is 2.31. The Labute approximate surface area is 236 Å². The summed E-state index contributed by atoms with van der Waals surface area (Å²) in [6.45, 7) is 5.29. The first-order valence-corrected chi connectivity index (χ1v) is 13.6. The standard InChI is InChI=1S/C29H34ClF2N7O/c1-17(33)5-3-6-19-11-23(27(32)24(30)12-19)26-13-21-16-39(29(40)38-28(21)37-26)22-8-7-20(25(31)14-22)15-35-9-4-10-36-18(2)34/h7-8,11-14,16-17,35H,3-6,9-10,15,33H2,1-2H3,(H2,34,36)(H,37,38,40). The summed E-state index contributed by atoms with van der Waals surface area (Å²) >= 11 is 6.20. The van der Waals surface area contributed by atoms with Crippen molar-refractivity contribution in [2.24, 2.45) is 16.5 Å². The summed E-state index contributed by atoms with van der Waals surface area (Å²) in [7, 11) is 0. The molecule has 2 heterocycles. The van der Waals surface area contributed by atoms with Gasteiger partial charge in [0.05, 0.1) is 22.2 Å². The van der Waals surface area contributed by atoms with Crippen molar-refractivity contribution < 1.29 is 8.78 Å². The molecule has 0 fully saturated rings. The largest absolute Gasteiger partial charge is 0.388 e. The van der Waals surface area contributed by atoms with Crippen LogP contribution in [0.25, 0.3) is 28.0 Å². The fourth-order valence-electron chi connectivity index (χ4n) is 4.45. The highest BCUT2D eigenvalue weighted by Gasteiger charge is 2.16. The number of hydrogen-bond acceptors (Lipinski definition) is 5. The minimum Gasteiger partial charge on any atom is -0.388 e. The van der Waals surface area contributed by atoms with Gasteiger partial charge in [-0.1, -0.05) is 17.7 Å². The zero-order chi connectivity index (χ0) is 28.8. The maximum Gasteiger partial charge on any atom is 0.354 e. The number of aryl methyl sites for hydroxylation is 1. The third kappa shape index (κ3) is 7.32. The van der Waals surface area contributed by atoms with E-state index in [4.69, 9.17) is 23.1 Å². The molecule has 0 aliphatic carbocycles. The molecule has 0 saturated heterocycles. The van der Waals surface area contributed by atoms with Gasteiger partial charge in [-0.15, -0.1) is 0 Å². The Kier molecular flexibility index (Phi) is 9.67. The second-order valence-electron chi connectivity index (χ2n) is 10.0. The summed E-state index contributed by atoms with van der Waals surface area (Å²) in [5, 5.41) is 3.76. The molecule has 0 radical (unpaired) electrons. The Bertz CT molecular complexity index is 1570. The third-order valence-electron chi connectivity index (χ3n) is 6.51. The average molecular weight is 570 g/mol. The van der Waals surface area contributed by atoms with E-state index in [1.54, 1.807) is 43.5 Å². The number of aromatic amines is 1. The van der Waals surface area contributed by atoms with Gasteiger partial charge in [-0.25, -0.2) is 13.6 Å². The van der Waals surface area contributed by atoms with Crippen LogP contribution in [0.15, 0.2) is 52.4 Å². The number of nitrogens with two attached hydrogens (primary N) is 2. The lowest BCUT2D eigenvalue weighted by molar-refractivity contribution is 0.582. The zero-order valence-electron chi connectivity index (χ0n) is 22.6. The van der Waals surface area contributed by atoms with Gasteiger partial charge in [0.2, 0.25) is 0 Å². The van der Waals surface area contributed by atoms with Gasteiger partial charge in [0.25, 0.3) is 0 Å². The SMILES string of the molecule is CC(N)=NCCCNCc1ccc(-n2cc3cc(-c4cc(CCCC(C)N)cc(Cl)c4F)[nH]c3nc2=O)cc1F. The van der Waals surface area contributed by atoms with Crippen LogP contribution >= 0.6 is 11.6 Å². The summed E-state index contributed by atoms with van der Waals surface area (Å²) in [5.41, 5.74) is 13.5. The summed E-state index contributed by atoms with van der Waals surface area (Å²) < 4.78 is 31.1. The molecule has 2 aromatic carbocycles. The van der Waals surface area contributed by atoms with Crippen LogP contribution in [0.2, 0.25) is 5.02 Å². The number of aliphatic imine (C=N–C) groups is 1. The van der Waals surface area contributed by atoms with Crippen LogP contribution in [-0.2, 0) is 13.0 Å². The second kappa shape index (κ2) is 13.2. The van der Waals surface area contributed by atoms with Crippen LogP contribution in [-0.4, -0.2) is 39.5 Å². The van der Waals surface area contributed by atoms with E-state index in [2.05, 4.69) is 20.3 Å². The van der Waals surface area contributed by atoms with Crippen molar-refractivity contribution in [3.63, 3.8) is 0 Å². The van der Waals surface area contributed by atoms with Crippen LogP contribution in [0, 0.1) is 11.6 Å². The number of H-pyrrole nitrogens is 1. The molecule has 212 valence electrons. The fourth-order valence-corrected chi connectivity index (χ4v) is 4.69. The number of aromatic nitrogens is 3. The Morgan fingerprint density at radius 2 is 2.02 bits per heavy atom. The molecule has 8 nitrogen and oxygen atoms in total. The number of amidine groups is 1. The van der Waals surface area contributed by atoms with Crippen molar-refractivity contribution in [2.75, 3.05) is 13.1 Å². The van der Waals surface area contributed by atoms with Crippen LogP contribution in [0.4, 0.5) is 8.78 Å². The molecule has 0 aliphatic heterocycles. The summed E-state index contributed by atoms with van der Waals surface area (Å²) in [6.07, 6.45) is 4.74. The van der Waals surface area contributed by atoms with E-state index < -0.39 is 17.3 Å². The number of nitrogens with one attached hydrogen (secondary N) is 2. The van der Waals surface area contributed by atoms with E-state index in [0.29, 0.717) is 59.9 Å². The van der Waals surface area contributed by atoms with E-state index in [0.717, 1.165) is 24.8 Å². The predicted octanol–water partition coefficient (Wildman–Crippen LogP) is 4.84. The van der Waals surface area contributed by atoms with Crippen molar-refractivity contribution in [3.8, 4) is 16.9 Å². The number of fused-ring (bicyclic) bond motifs is 1. The molecule has 4 rings (SSSR count). The molecule has 4 aromatic rings. The van der Waals surface area contributed by atoms with Crippen LogP contribution < -0.4 is 22.5 Å². The molecule has 2 aromatic heterocycles. The third-order valence-corrected chi connectivity index (χ3v) is 6.79. The van der Waals surface area contributed by atoms with Gasteiger partial charge in [-0.3, -0.25) is 9.56 Å². The normalized spacial score (nSPS) is 12.8. The zero-order valence-corrected chi connectivity index (χ0v) is 23.4. The monoisotopic (exact) mass is 569 g/mol. The average Bonchev–Trinajstić information content (AvgIpc) is 3.30. The highest BCUT2D eigenvalue weighted by atomic mass is 35.5. The van der Waals surface area contributed by atoms with Crippen molar-refractivity contribution in [1.82, 2.24) is 19.9 Å². The van der Waals surface area contributed by atoms with Crippen molar-refractivity contribution in [2.45, 2.75) is 52.1 Å². The van der Waals surface area contributed by atoms with Crippen molar-refractivity contribution in [3.05, 3.63) is 80.9 Å². The first-order valence-electron chi connectivity index (χ1n) is 13.2. The topological polar surface area (TPSA) is 127 Å². The van der Waals surface area contributed by atoms with E-state index in [1.807, 2.05) is 6.92 Å². The first kappa shape index (κ1) is 29.4.